The Morgan fingerprint density at radius 3 is 2.62 bits per heavy atom. The maximum atomic E-state index is 5.92. The Morgan fingerprint density at radius 1 is 1.19 bits per heavy atom. The van der Waals surface area contributed by atoms with Crippen LogP contribution in [0.25, 0.3) is 0 Å². The first-order valence-corrected chi connectivity index (χ1v) is 8.39. The van der Waals surface area contributed by atoms with E-state index in [0.717, 1.165) is 17.2 Å². The SMILES string of the molecule is C=CCSc1ccccc1NC(C)Cc1ccc(Cl)cc1. The first kappa shape index (κ1) is 16.0. The van der Waals surface area contributed by atoms with E-state index in [1.807, 2.05) is 18.2 Å². The number of thioether (sulfide) groups is 1. The largest absolute Gasteiger partial charge is 0.381 e. The summed E-state index contributed by atoms with van der Waals surface area (Å²) in [5.41, 5.74) is 2.47. The summed E-state index contributed by atoms with van der Waals surface area (Å²) in [6, 6.07) is 16.8. The zero-order valence-electron chi connectivity index (χ0n) is 12.2. The zero-order chi connectivity index (χ0) is 15.1. The summed E-state index contributed by atoms with van der Waals surface area (Å²) in [5.74, 6) is 0.921. The number of anilines is 1. The predicted octanol–water partition coefficient (Wildman–Crippen LogP) is 5.66. The molecule has 21 heavy (non-hydrogen) atoms. The van der Waals surface area contributed by atoms with Crippen LogP contribution in [0.5, 0.6) is 0 Å². The second-order valence-corrected chi connectivity index (χ2v) is 6.47. The van der Waals surface area contributed by atoms with Crippen LogP contribution in [0.3, 0.4) is 0 Å². The van der Waals surface area contributed by atoms with Crippen molar-refractivity contribution in [3.63, 3.8) is 0 Å². The third-order valence-electron chi connectivity index (χ3n) is 3.10. The molecule has 0 saturated carbocycles. The number of benzene rings is 2. The van der Waals surface area contributed by atoms with Gasteiger partial charge < -0.3 is 5.32 Å². The molecule has 1 N–H and O–H groups in total. The molecule has 0 spiro atoms. The first-order chi connectivity index (χ1) is 10.2. The van der Waals surface area contributed by atoms with Gasteiger partial charge in [-0.3, -0.25) is 0 Å². The van der Waals surface area contributed by atoms with Gasteiger partial charge >= 0.3 is 0 Å². The number of para-hydroxylation sites is 1. The molecule has 0 aliphatic heterocycles. The van der Waals surface area contributed by atoms with Gasteiger partial charge in [-0.1, -0.05) is 41.9 Å². The monoisotopic (exact) mass is 317 g/mol. The summed E-state index contributed by atoms with van der Waals surface area (Å²) in [6.07, 6.45) is 2.90. The van der Waals surface area contributed by atoms with Gasteiger partial charge in [0.25, 0.3) is 0 Å². The number of rotatable bonds is 7. The number of nitrogens with one attached hydrogen (secondary N) is 1. The maximum absolute atomic E-state index is 5.92. The summed E-state index contributed by atoms with van der Waals surface area (Å²) in [4.78, 5) is 1.26. The van der Waals surface area contributed by atoms with Gasteiger partial charge in [0.15, 0.2) is 0 Å². The quantitative estimate of drug-likeness (QED) is 0.522. The average molecular weight is 318 g/mol. The van der Waals surface area contributed by atoms with Crippen molar-refractivity contribution in [2.75, 3.05) is 11.1 Å². The molecule has 0 bridgehead atoms. The first-order valence-electron chi connectivity index (χ1n) is 7.02. The van der Waals surface area contributed by atoms with Crippen LogP contribution in [0.1, 0.15) is 12.5 Å². The van der Waals surface area contributed by atoms with Crippen LogP contribution in [0.15, 0.2) is 66.1 Å². The van der Waals surface area contributed by atoms with E-state index < -0.39 is 0 Å². The van der Waals surface area contributed by atoms with E-state index in [9.17, 15) is 0 Å². The van der Waals surface area contributed by atoms with E-state index >= 15 is 0 Å². The number of halogens is 1. The van der Waals surface area contributed by atoms with Gasteiger partial charge in [0.05, 0.1) is 0 Å². The molecular formula is C18H20ClNS. The van der Waals surface area contributed by atoms with Crippen LogP contribution in [0, 0.1) is 0 Å². The number of hydrogen-bond donors (Lipinski definition) is 1. The van der Waals surface area contributed by atoms with Crippen LogP contribution in [-0.2, 0) is 6.42 Å². The van der Waals surface area contributed by atoms with E-state index in [1.54, 1.807) is 11.8 Å². The molecular weight excluding hydrogens is 298 g/mol. The minimum atomic E-state index is 0.358. The molecule has 3 heteroatoms. The molecule has 0 aliphatic carbocycles. The third kappa shape index (κ3) is 5.14. The molecule has 0 saturated heterocycles. The second-order valence-electron chi connectivity index (χ2n) is 4.97. The summed E-state index contributed by atoms with van der Waals surface area (Å²) in [6.45, 7) is 5.98. The van der Waals surface area contributed by atoms with E-state index in [-0.39, 0.29) is 0 Å². The molecule has 0 amide bonds. The van der Waals surface area contributed by atoms with Crippen LogP contribution in [0.4, 0.5) is 5.69 Å². The van der Waals surface area contributed by atoms with Crippen molar-refractivity contribution in [3.8, 4) is 0 Å². The molecule has 0 fully saturated rings. The Kier molecular flexibility index (Phi) is 6.21. The van der Waals surface area contributed by atoms with Gasteiger partial charge in [-0.25, -0.2) is 0 Å². The lowest BCUT2D eigenvalue weighted by atomic mass is 10.1. The third-order valence-corrected chi connectivity index (χ3v) is 4.42. The minimum Gasteiger partial charge on any atom is -0.381 e. The molecule has 1 nitrogen and oxygen atoms in total. The Bertz CT molecular complexity index is 580. The smallest absolute Gasteiger partial charge is 0.0480 e. The molecule has 0 heterocycles. The lowest BCUT2D eigenvalue weighted by molar-refractivity contribution is 0.787. The molecule has 0 radical (unpaired) electrons. The van der Waals surface area contributed by atoms with Crippen molar-refractivity contribution in [3.05, 3.63) is 71.8 Å². The van der Waals surface area contributed by atoms with Gasteiger partial charge in [-0.05, 0) is 43.2 Å². The van der Waals surface area contributed by atoms with E-state index in [4.69, 9.17) is 11.6 Å². The van der Waals surface area contributed by atoms with Crippen molar-refractivity contribution < 1.29 is 0 Å². The molecule has 0 aliphatic rings. The Labute approximate surface area is 136 Å². The van der Waals surface area contributed by atoms with Crippen molar-refractivity contribution in [2.24, 2.45) is 0 Å². The summed E-state index contributed by atoms with van der Waals surface area (Å²) in [7, 11) is 0. The maximum Gasteiger partial charge on any atom is 0.0480 e. The predicted molar refractivity (Wildman–Crippen MR) is 95.6 cm³/mol. The summed E-state index contributed by atoms with van der Waals surface area (Å²) >= 11 is 7.72. The van der Waals surface area contributed by atoms with Gasteiger partial charge in [0, 0.05) is 27.4 Å². The fourth-order valence-corrected chi connectivity index (χ4v) is 3.03. The average Bonchev–Trinajstić information content (AvgIpc) is 2.49. The standard InChI is InChI=1S/C18H20ClNS/c1-3-12-21-18-7-5-4-6-17(18)20-14(2)13-15-8-10-16(19)11-9-15/h3-11,14,20H,1,12-13H2,2H3. The van der Waals surface area contributed by atoms with Crippen molar-refractivity contribution in [2.45, 2.75) is 24.3 Å². The minimum absolute atomic E-state index is 0.358. The Balaban J connectivity index is 2.00. The molecule has 1 atom stereocenters. The lowest BCUT2D eigenvalue weighted by Crippen LogP contribution is -2.18. The van der Waals surface area contributed by atoms with Crippen LogP contribution in [-0.4, -0.2) is 11.8 Å². The number of hydrogen-bond acceptors (Lipinski definition) is 2. The molecule has 1 unspecified atom stereocenters. The molecule has 110 valence electrons. The van der Waals surface area contributed by atoms with E-state index in [2.05, 4.69) is 55.2 Å². The lowest BCUT2D eigenvalue weighted by Gasteiger charge is -2.18. The normalized spacial score (nSPS) is 11.9. The molecule has 2 aromatic carbocycles. The van der Waals surface area contributed by atoms with Crippen LogP contribution in [0.2, 0.25) is 5.02 Å². The van der Waals surface area contributed by atoms with Crippen molar-refractivity contribution in [1.82, 2.24) is 0 Å². The Hall–Kier alpha value is -1.38. The summed E-state index contributed by atoms with van der Waals surface area (Å²) < 4.78 is 0. The van der Waals surface area contributed by atoms with E-state index in [1.165, 1.54) is 16.1 Å². The highest BCUT2D eigenvalue weighted by atomic mass is 35.5. The fraction of sp³-hybridized carbons (Fsp3) is 0.222. The molecule has 0 aromatic heterocycles. The van der Waals surface area contributed by atoms with Gasteiger partial charge in [0.2, 0.25) is 0 Å². The van der Waals surface area contributed by atoms with Gasteiger partial charge in [0.1, 0.15) is 0 Å². The zero-order valence-corrected chi connectivity index (χ0v) is 13.8. The fourth-order valence-electron chi connectivity index (χ4n) is 2.15. The second kappa shape index (κ2) is 8.16. The van der Waals surface area contributed by atoms with Crippen LogP contribution >= 0.6 is 23.4 Å². The van der Waals surface area contributed by atoms with E-state index in [0.29, 0.717) is 6.04 Å². The van der Waals surface area contributed by atoms with Crippen molar-refractivity contribution >= 4 is 29.1 Å². The highest BCUT2D eigenvalue weighted by Crippen LogP contribution is 2.27. The van der Waals surface area contributed by atoms with Gasteiger partial charge in [-0.15, -0.1) is 18.3 Å². The van der Waals surface area contributed by atoms with Gasteiger partial charge in [-0.2, -0.15) is 0 Å². The summed E-state index contributed by atoms with van der Waals surface area (Å²) in [5, 5.41) is 4.38. The van der Waals surface area contributed by atoms with Crippen molar-refractivity contribution in [1.29, 1.82) is 0 Å². The highest BCUT2D eigenvalue weighted by Gasteiger charge is 2.07. The van der Waals surface area contributed by atoms with Crippen LogP contribution < -0.4 is 5.32 Å². The Morgan fingerprint density at radius 2 is 1.90 bits per heavy atom. The highest BCUT2D eigenvalue weighted by molar-refractivity contribution is 7.99. The topological polar surface area (TPSA) is 12.0 Å². The molecule has 2 aromatic rings. The molecule has 2 rings (SSSR count).